The summed E-state index contributed by atoms with van der Waals surface area (Å²) in [6, 6.07) is 28.0. The van der Waals surface area contributed by atoms with Crippen LogP contribution in [0.3, 0.4) is 0 Å². The molecule has 0 saturated carbocycles. The van der Waals surface area contributed by atoms with Crippen molar-refractivity contribution in [2.75, 3.05) is 38.0 Å². The van der Waals surface area contributed by atoms with Gasteiger partial charge in [-0.1, -0.05) is 12.1 Å². The summed E-state index contributed by atoms with van der Waals surface area (Å²) >= 11 is 0. The Morgan fingerprint density at radius 2 is 0.919 bits per heavy atom. The molecule has 0 radical (unpaired) electrons. The summed E-state index contributed by atoms with van der Waals surface area (Å²) < 4.78 is 4.24. The van der Waals surface area contributed by atoms with E-state index in [1.54, 1.807) is 0 Å². The van der Waals surface area contributed by atoms with Crippen LogP contribution in [-0.4, -0.2) is 28.2 Å². The fraction of sp³-hybridized carbons (Fsp3) is 0.241. The smallest absolute Gasteiger partial charge is 0.350 e. The lowest BCUT2D eigenvalue weighted by Gasteiger charge is -2.11. The number of aromatic nitrogens is 2. The van der Waals surface area contributed by atoms with E-state index in [2.05, 4.69) is 39.4 Å². The molecular weight excluding hydrogens is 460 g/mol. The third-order valence-electron chi connectivity index (χ3n) is 5.90. The van der Waals surface area contributed by atoms with Gasteiger partial charge in [-0.05, 0) is 70.9 Å². The first kappa shape index (κ1) is 25.6. The van der Waals surface area contributed by atoms with Crippen molar-refractivity contribution in [1.29, 1.82) is 0 Å². The number of pyridine rings is 2. The molecule has 188 valence electrons. The van der Waals surface area contributed by atoms with Gasteiger partial charge >= 0.3 is 11.6 Å². The SMILES string of the molecule is CN(C)c1ccc(N=Nc2cccc[n+]2CCC[n+]2ccccc2N=Nc2ccc(N(C)C)cc2)cc1. The molecule has 8 heteroatoms. The Bertz CT molecular complexity index is 1240. The fourth-order valence-corrected chi connectivity index (χ4v) is 3.76. The van der Waals surface area contributed by atoms with Crippen LogP contribution in [0.15, 0.2) is 118 Å². The molecule has 0 spiro atoms. The first-order valence-electron chi connectivity index (χ1n) is 12.3. The number of aryl methyl sites for hydroxylation is 2. The molecule has 4 rings (SSSR count). The second kappa shape index (κ2) is 12.5. The summed E-state index contributed by atoms with van der Waals surface area (Å²) in [5.74, 6) is 1.64. The summed E-state index contributed by atoms with van der Waals surface area (Å²) in [5.41, 5.74) is 3.92. The van der Waals surface area contributed by atoms with Crippen LogP contribution in [0.4, 0.5) is 34.4 Å². The highest BCUT2D eigenvalue weighted by atomic mass is 15.2. The zero-order valence-electron chi connectivity index (χ0n) is 21.9. The molecule has 4 aromatic rings. The Morgan fingerprint density at radius 1 is 0.514 bits per heavy atom. The van der Waals surface area contributed by atoms with Gasteiger partial charge in [-0.25, -0.2) is 9.13 Å². The maximum absolute atomic E-state index is 4.51. The average Bonchev–Trinajstić information content (AvgIpc) is 2.92. The molecule has 0 unspecified atom stereocenters. The van der Waals surface area contributed by atoms with Gasteiger partial charge in [0.15, 0.2) is 0 Å². The van der Waals surface area contributed by atoms with E-state index in [0.29, 0.717) is 0 Å². The molecule has 37 heavy (non-hydrogen) atoms. The molecule has 0 N–H and O–H groups in total. The lowest BCUT2D eigenvalue weighted by molar-refractivity contribution is -0.714. The van der Waals surface area contributed by atoms with Crippen LogP contribution in [0, 0.1) is 0 Å². The van der Waals surface area contributed by atoms with Gasteiger partial charge in [-0.15, -0.1) is 0 Å². The Hall–Kier alpha value is -4.46. The van der Waals surface area contributed by atoms with E-state index < -0.39 is 0 Å². The fourth-order valence-electron chi connectivity index (χ4n) is 3.76. The van der Waals surface area contributed by atoms with Gasteiger partial charge in [0.25, 0.3) is 0 Å². The zero-order chi connectivity index (χ0) is 26.0. The Morgan fingerprint density at radius 3 is 1.30 bits per heavy atom. The first-order valence-corrected chi connectivity index (χ1v) is 12.3. The topological polar surface area (TPSA) is 63.7 Å². The van der Waals surface area contributed by atoms with Crippen molar-refractivity contribution in [2.45, 2.75) is 19.5 Å². The van der Waals surface area contributed by atoms with Gasteiger partial charge in [0, 0.05) is 58.1 Å². The summed E-state index contributed by atoms with van der Waals surface area (Å²) in [4.78, 5) is 4.12. The Balaban J connectivity index is 1.39. The van der Waals surface area contributed by atoms with Crippen LogP contribution in [0.5, 0.6) is 0 Å². The molecule has 0 fully saturated rings. The average molecular weight is 495 g/mol. The normalized spacial score (nSPS) is 11.4. The maximum atomic E-state index is 4.51. The third kappa shape index (κ3) is 7.27. The van der Waals surface area contributed by atoms with Crippen molar-refractivity contribution in [3.8, 4) is 0 Å². The number of nitrogens with zero attached hydrogens (tertiary/aromatic N) is 8. The van der Waals surface area contributed by atoms with E-state index >= 15 is 0 Å². The zero-order valence-corrected chi connectivity index (χ0v) is 21.9. The van der Waals surface area contributed by atoms with Gasteiger partial charge < -0.3 is 9.80 Å². The maximum Gasteiger partial charge on any atom is 0.350 e. The van der Waals surface area contributed by atoms with E-state index in [4.69, 9.17) is 0 Å². The van der Waals surface area contributed by atoms with Crippen molar-refractivity contribution < 1.29 is 9.13 Å². The number of benzene rings is 2. The summed E-state index contributed by atoms with van der Waals surface area (Å²) in [5, 5.41) is 17.9. The van der Waals surface area contributed by atoms with Crippen LogP contribution in [0.2, 0.25) is 0 Å². The quantitative estimate of drug-likeness (QED) is 0.191. The van der Waals surface area contributed by atoms with Gasteiger partial charge in [-0.3, -0.25) is 0 Å². The van der Waals surface area contributed by atoms with E-state index in [1.165, 1.54) is 0 Å². The van der Waals surface area contributed by atoms with Crippen LogP contribution >= 0.6 is 0 Å². The van der Waals surface area contributed by atoms with Gasteiger partial charge in [-0.2, -0.15) is 0 Å². The lowest BCUT2D eigenvalue weighted by atomic mass is 10.3. The lowest BCUT2D eigenvalue weighted by Crippen LogP contribution is -2.39. The standard InChI is InChI=1S/C29H34N8/c1-34(2)26-16-12-24(13-17-26)30-32-28-10-5-7-20-36(28)22-9-23-37-21-8-6-11-29(37)33-31-25-14-18-27(19-15-25)35(3)4/h5-8,10-21H,9,22-23H2,1-4H3/q+2. The van der Waals surface area contributed by atoms with E-state index in [1.807, 2.05) is 126 Å². The molecule has 0 amide bonds. The molecule has 0 aliphatic heterocycles. The van der Waals surface area contributed by atoms with E-state index in [9.17, 15) is 0 Å². The second-order valence-electron chi connectivity index (χ2n) is 9.08. The predicted molar refractivity (Wildman–Crippen MR) is 148 cm³/mol. The number of hydrogen-bond donors (Lipinski definition) is 0. The predicted octanol–water partition coefficient (Wildman–Crippen LogP) is 6.31. The highest BCUT2D eigenvalue weighted by Gasteiger charge is 2.12. The van der Waals surface area contributed by atoms with Gasteiger partial charge in [0.1, 0.15) is 11.4 Å². The van der Waals surface area contributed by atoms with E-state index in [0.717, 1.165) is 53.9 Å². The van der Waals surface area contributed by atoms with Crippen molar-refractivity contribution in [3.63, 3.8) is 0 Å². The molecule has 0 atom stereocenters. The first-order chi connectivity index (χ1) is 18.0. The minimum atomic E-state index is 0.805. The van der Waals surface area contributed by atoms with Crippen molar-refractivity contribution in [3.05, 3.63) is 97.3 Å². The summed E-state index contributed by atoms with van der Waals surface area (Å²) in [6.45, 7) is 1.61. The van der Waals surface area contributed by atoms with Crippen LogP contribution in [-0.2, 0) is 13.1 Å². The number of azo groups is 2. The van der Waals surface area contributed by atoms with E-state index in [-0.39, 0.29) is 0 Å². The van der Waals surface area contributed by atoms with Crippen molar-refractivity contribution in [1.82, 2.24) is 0 Å². The Labute approximate surface area is 218 Å². The van der Waals surface area contributed by atoms with Crippen LogP contribution in [0.25, 0.3) is 0 Å². The molecular formula is C29H34N8+2. The van der Waals surface area contributed by atoms with Gasteiger partial charge in [0.05, 0.1) is 35.7 Å². The molecule has 2 aromatic heterocycles. The highest BCUT2D eigenvalue weighted by Crippen LogP contribution is 2.21. The Kier molecular flexibility index (Phi) is 8.65. The molecule has 0 saturated heterocycles. The molecule has 0 bridgehead atoms. The third-order valence-corrected chi connectivity index (χ3v) is 5.90. The van der Waals surface area contributed by atoms with Crippen molar-refractivity contribution in [2.24, 2.45) is 20.5 Å². The minimum absolute atomic E-state index is 0.805. The number of anilines is 2. The number of rotatable bonds is 10. The number of hydrogen-bond acceptors (Lipinski definition) is 6. The van der Waals surface area contributed by atoms with Crippen molar-refractivity contribution >= 4 is 34.4 Å². The summed E-state index contributed by atoms with van der Waals surface area (Å²) in [7, 11) is 8.08. The van der Waals surface area contributed by atoms with Gasteiger partial charge in [0.2, 0.25) is 0 Å². The molecule has 2 aromatic carbocycles. The monoisotopic (exact) mass is 494 g/mol. The van der Waals surface area contributed by atoms with Crippen LogP contribution < -0.4 is 18.9 Å². The molecule has 0 aliphatic carbocycles. The second-order valence-corrected chi connectivity index (χ2v) is 9.08. The molecule has 8 nitrogen and oxygen atoms in total. The molecule has 2 heterocycles. The highest BCUT2D eigenvalue weighted by molar-refractivity contribution is 5.52. The minimum Gasteiger partial charge on any atom is -0.378 e. The summed E-state index contributed by atoms with van der Waals surface area (Å²) in [6.07, 6.45) is 4.98. The van der Waals surface area contributed by atoms with Crippen LogP contribution in [0.1, 0.15) is 6.42 Å². The largest absolute Gasteiger partial charge is 0.378 e. The molecule has 0 aliphatic rings.